The molecule has 3 heteroatoms. The molecule has 0 aliphatic rings. The Kier molecular flexibility index (Phi) is 8.04. The lowest BCUT2D eigenvalue weighted by atomic mass is 10.0. The van der Waals surface area contributed by atoms with E-state index in [0.29, 0.717) is 6.42 Å². The van der Waals surface area contributed by atoms with Crippen molar-refractivity contribution in [1.82, 2.24) is 0 Å². The molecule has 124 valence electrons. The Bertz CT molecular complexity index is 633. The summed E-state index contributed by atoms with van der Waals surface area (Å²) in [4.78, 5) is 0. The normalized spacial score (nSPS) is 13.7. The molecule has 23 heavy (non-hydrogen) atoms. The monoisotopic (exact) mass is 378 g/mol. The van der Waals surface area contributed by atoms with Crippen LogP contribution >= 0.6 is 15.9 Å². The molecule has 0 spiro atoms. The van der Waals surface area contributed by atoms with Crippen LogP contribution in [0.4, 0.5) is 4.39 Å². The standard InChI is InChI=1S/C20H24BrFO/c1-6-23-17(5)16(4)13-18(21)12-14(2)10-11-19-15(3)8-7-9-20(19)22/h6-9,12-13H,1,10-11H2,2-5H3/b14-12+,17-16+,18-13+. The van der Waals surface area contributed by atoms with E-state index in [1.807, 2.05) is 32.9 Å². The largest absolute Gasteiger partial charge is 0.470 e. The van der Waals surface area contributed by atoms with Crippen LogP contribution in [0.25, 0.3) is 0 Å². The zero-order valence-electron chi connectivity index (χ0n) is 14.2. The molecule has 0 atom stereocenters. The van der Waals surface area contributed by atoms with E-state index in [1.54, 1.807) is 6.07 Å². The van der Waals surface area contributed by atoms with Gasteiger partial charge in [0.2, 0.25) is 0 Å². The van der Waals surface area contributed by atoms with Crippen molar-refractivity contribution in [3.63, 3.8) is 0 Å². The summed E-state index contributed by atoms with van der Waals surface area (Å²) < 4.78 is 20.0. The number of aryl methyl sites for hydroxylation is 1. The van der Waals surface area contributed by atoms with Crippen molar-refractivity contribution < 1.29 is 9.13 Å². The molecule has 0 saturated heterocycles. The Balaban J connectivity index is 2.77. The second-order valence-corrected chi connectivity index (χ2v) is 6.49. The van der Waals surface area contributed by atoms with Gasteiger partial charge in [-0.1, -0.05) is 40.2 Å². The van der Waals surface area contributed by atoms with Crippen molar-refractivity contribution in [2.45, 2.75) is 40.5 Å². The number of allylic oxidation sites excluding steroid dienone is 6. The van der Waals surface area contributed by atoms with Crippen LogP contribution in [-0.2, 0) is 11.2 Å². The first kappa shape index (κ1) is 19.4. The molecule has 0 aromatic heterocycles. The molecule has 0 aliphatic heterocycles. The summed E-state index contributed by atoms with van der Waals surface area (Å²) in [6.45, 7) is 11.4. The second-order valence-electron chi connectivity index (χ2n) is 5.58. The van der Waals surface area contributed by atoms with Crippen molar-refractivity contribution in [3.8, 4) is 0 Å². The maximum absolute atomic E-state index is 13.8. The minimum atomic E-state index is -0.122. The van der Waals surface area contributed by atoms with Crippen molar-refractivity contribution in [2.24, 2.45) is 0 Å². The SMILES string of the molecule is C=CO/C(C)=C(C)/C=C(Br)\C=C(/C)CCc1c(C)cccc1F. The Morgan fingerprint density at radius 1 is 1.26 bits per heavy atom. The van der Waals surface area contributed by atoms with Gasteiger partial charge < -0.3 is 4.74 Å². The number of rotatable bonds is 7. The predicted octanol–water partition coefficient (Wildman–Crippen LogP) is 6.75. The lowest BCUT2D eigenvalue weighted by molar-refractivity contribution is 0.351. The van der Waals surface area contributed by atoms with Gasteiger partial charge >= 0.3 is 0 Å². The van der Waals surface area contributed by atoms with Crippen LogP contribution in [0.5, 0.6) is 0 Å². The highest BCUT2D eigenvalue weighted by Gasteiger charge is 2.05. The molecule has 1 aromatic rings. The lowest BCUT2D eigenvalue weighted by Crippen LogP contribution is -1.95. The van der Waals surface area contributed by atoms with Crippen molar-refractivity contribution in [2.75, 3.05) is 0 Å². The summed E-state index contributed by atoms with van der Waals surface area (Å²) in [5.74, 6) is 0.688. The smallest absolute Gasteiger partial charge is 0.126 e. The average molecular weight is 379 g/mol. The summed E-state index contributed by atoms with van der Waals surface area (Å²) in [5, 5.41) is 0. The predicted molar refractivity (Wildman–Crippen MR) is 99.9 cm³/mol. The number of hydrogen-bond acceptors (Lipinski definition) is 1. The molecule has 0 unspecified atom stereocenters. The van der Waals surface area contributed by atoms with E-state index < -0.39 is 0 Å². The van der Waals surface area contributed by atoms with Crippen LogP contribution < -0.4 is 0 Å². The quantitative estimate of drug-likeness (QED) is 0.376. The first-order chi connectivity index (χ1) is 10.8. The van der Waals surface area contributed by atoms with E-state index in [-0.39, 0.29) is 5.82 Å². The minimum absolute atomic E-state index is 0.122. The third-order valence-electron chi connectivity index (χ3n) is 3.68. The van der Waals surface area contributed by atoms with Crippen LogP contribution in [0.3, 0.4) is 0 Å². The van der Waals surface area contributed by atoms with E-state index >= 15 is 0 Å². The molecule has 0 N–H and O–H groups in total. The van der Waals surface area contributed by atoms with Gasteiger partial charge in [0.15, 0.2) is 0 Å². The molecule has 1 rings (SSSR count). The van der Waals surface area contributed by atoms with E-state index in [4.69, 9.17) is 4.74 Å². The molecule has 0 radical (unpaired) electrons. The third kappa shape index (κ3) is 6.57. The highest BCUT2D eigenvalue weighted by atomic mass is 79.9. The van der Waals surface area contributed by atoms with Gasteiger partial charge in [0.05, 0.1) is 6.26 Å². The fraction of sp³-hybridized carbons (Fsp3) is 0.300. The maximum Gasteiger partial charge on any atom is 0.126 e. The molecular formula is C20H24BrFO. The van der Waals surface area contributed by atoms with Gasteiger partial charge in [0.25, 0.3) is 0 Å². The maximum atomic E-state index is 13.8. The van der Waals surface area contributed by atoms with Crippen molar-refractivity contribution >= 4 is 15.9 Å². The first-order valence-electron chi connectivity index (χ1n) is 7.58. The van der Waals surface area contributed by atoms with Gasteiger partial charge in [-0.3, -0.25) is 0 Å². The highest BCUT2D eigenvalue weighted by molar-refractivity contribution is 9.11. The fourth-order valence-electron chi connectivity index (χ4n) is 2.18. The summed E-state index contributed by atoms with van der Waals surface area (Å²) in [6.07, 6.45) is 6.99. The molecule has 0 saturated carbocycles. The Hall–Kier alpha value is -1.61. The summed E-state index contributed by atoms with van der Waals surface area (Å²) in [7, 11) is 0. The van der Waals surface area contributed by atoms with Crippen LogP contribution in [-0.4, -0.2) is 0 Å². The van der Waals surface area contributed by atoms with Crippen LogP contribution in [0.15, 0.2) is 64.6 Å². The molecule has 0 amide bonds. The molecule has 0 heterocycles. The average Bonchev–Trinajstić information content (AvgIpc) is 2.46. The number of halogens is 2. The Labute approximate surface area is 147 Å². The summed E-state index contributed by atoms with van der Waals surface area (Å²) >= 11 is 3.55. The zero-order valence-corrected chi connectivity index (χ0v) is 15.8. The Morgan fingerprint density at radius 3 is 2.57 bits per heavy atom. The molecule has 0 aliphatic carbocycles. The van der Waals surface area contributed by atoms with Gasteiger partial charge in [-0.2, -0.15) is 0 Å². The number of benzene rings is 1. The van der Waals surface area contributed by atoms with Gasteiger partial charge in [-0.15, -0.1) is 0 Å². The first-order valence-corrected chi connectivity index (χ1v) is 8.37. The van der Waals surface area contributed by atoms with Gasteiger partial charge in [-0.25, -0.2) is 4.39 Å². The second kappa shape index (κ2) is 9.51. The molecule has 0 bridgehead atoms. The topological polar surface area (TPSA) is 9.23 Å². The molecule has 1 aromatic carbocycles. The molecule has 0 fully saturated rings. The number of hydrogen-bond donors (Lipinski definition) is 0. The minimum Gasteiger partial charge on any atom is -0.470 e. The van der Waals surface area contributed by atoms with E-state index in [1.165, 1.54) is 17.9 Å². The van der Waals surface area contributed by atoms with E-state index in [9.17, 15) is 4.39 Å². The molecular weight excluding hydrogens is 355 g/mol. The van der Waals surface area contributed by atoms with Crippen LogP contribution in [0.1, 0.15) is 38.3 Å². The summed E-state index contributed by atoms with van der Waals surface area (Å²) in [6, 6.07) is 5.22. The van der Waals surface area contributed by atoms with E-state index in [0.717, 1.165) is 33.4 Å². The lowest BCUT2D eigenvalue weighted by Gasteiger charge is -2.07. The Morgan fingerprint density at radius 2 is 1.96 bits per heavy atom. The zero-order chi connectivity index (χ0) is 17.4. The fourth-order valence-corrected chi connectivity index (χ4v) is 2.92. The van der Waals surface area contributed by atoms with Crippen LogP contribution in [0, 0.1) is 12.7 Å². The molecule has 1 nitrogen and oxygen atoms in total. The highest BCUT2D eigenvalue weighted by Crippen LogP contribution is 2.20. The van der Waals surface area contributed by atoms with Gasteiger partial charge in [0, 0.05) is 4.48 Å². The number of ether oxygens (including phenoxy) is 1. The summed E-state index contributed by atoms with van der Waals surface area (Å²) in [5.41, 5.74) is 4.01. The third-order valence-corrected chi connectivity index (χ3v) is 4.13. The van der Waals surface area contributed by atoms with E-state index in [2.05, 4.69) is 35.5 Å². The van der Waals surface area contributed by atoms with Gasteiger partial charge in [0.1, 0.15) is 11.6 Å². The van der Waals surface area contributed by atoms with Crippen molar-refractivity contribution in [1.29, 1.82) is 0 Å². The van der Waals surface area contributed by atoms with Crippen LogP contribution in [0.2, 0.25) is 0 Å². The van der Waals surface area contributed by atoms with Crippen molar-refractivity contribution in [3.05, 3.63) is 81.5 Å². The van der Waals surface area contributed by atoms with Gasteiger partial charge in [-0.05, 0) is 75.5 Å².